The maximum Gasteiger partial charge on any atom is 0.344 e. The molecular weight excluding hydrogens is 234 g/mol. The van der Waals surface area contributed by atoms with E-state index in [-0.39, 0.29) is 12.4 Å². The maximum atomic E-state index is 11.4. The number of hydrogen-bond donors (Lipinski definition) is 0. The van der Waals surface area contributed by atoms with Gasteiger partial charge in [0.2, 0.25) is 0 Å². The fraction of sp³-hybridized carbons (Fsp3) is 0.462. The Kier molecular flexibility index (Phi) is 4.42. The first kappa shape index (κ1) is 14.2. The lowest BCUT2D eigenvalue weighted by molar-refractivity contribution is -0.157. The number of pyridine rings is 1. The van der Waals surface area contributed by atoms with Gasteiger partial charge in [-0.1, -0.05) is 0 Å². The van der Waals surface area contributed by atoms with E-state index in [2.05, 4.69) is 4.98 Å². The van der Waals surface area contributed by atoms with E-state index in [9.17, 15) is 9.59 Å². The predicted octanol–water partition coefficient (Wildman–Crippen LogP) is 2.00. The molecule has 0 aromatic carbocycles. The first-order valence-corrected chi connectivity index (χ1v) is 5.59. The van der Waals surface area contributed by atoms with E-state index in [1.54, 1.807) is 26.8 Å². The number of ketones is 1. The van der Waals surface area contributed by atoms with Crippen molar-refractivity contribution in [3.05, 3.63) is 24.0 Å². The molecule has 0 N–H and O–H groups in total. The summed E-state index contributed by atoms with van der Waals surface area (Å²) < 4.78 is 10.3. The van der Waals surface area contributed by atoms with Crippen LogP contribution in [0.1, 0.15) is 38.2 Å². The van der Waals surface area contributed by atoms with Crippen LogP contribution in [-0.2, 0) is 9.53 Å². The van der Waals surface area contributed by atoms with Gasteiger partial charge in [0.05, 0.1) is 0 Å². The van der Waals surface area contributed by atoms with Crippen LogP contribution in [0, 0.1) is 0 Å². The molecule has 0 spiro atoms. The smallest absolute Gasteiger partial charge is 0.344 e. The Morgan fingerprint density at radius 3 is 2.56 bits per heavy atom. The van der Waals surface area contributed by atoms with Crippen LogP contribution in [-0.4, -0.2) is 28.9 Å². The molecule has 0 aliphatic carbocycles. The van der Waals surface area contributed by atoms with Crippen LogP contribution in [0.2, 0.25) is 0 Å². The zero-order chi connectivity index (χ0) is 13.8. The summed E-state index contributed by atoms with van der Waals surface area (Å²) >= 11 is 0. The van der Waals surface area contributed by atoms with E-state index in [1.807, 2.05) is 0 Å². The fourth-order valence-corrected chi connectivity index (χ4v) is 1.21. The minimum Gasteiger partial charge on any atom is -0.482 e. The van der Waals surface area contributed by atoms with Gasteiger partial charge < -0.3 is 9.47 Å². The van der Waals surface area contributed by atoms with Crippen molar-refractivity contribution in [1.82, 2.24) is 4.98 Å². The van der Waals surface area contributed by atoms with Crippen LogP contribution in [0.5, 0.6) is 5.75 Å². The van der Waals surface area contributed by atoms with Crippen LogP contribution in [0.15, 0.2) is 18.3 Å². The summed E-state index contributed by atoms with van der Waals surface area (Å²) in [6, 6.07) is 3.07. The largest absolute Gasteiger partial charge is 0.482 e. The molecule has 5 nitrogen and oxygen atoms in total. The molecule has 0 fully saturated rings. The molecule has 0 bridgehead atoms. The second-order valence-corrected chi connectivity index (χ2v) is 4.81. The van der Waals surface area contributed by atoms with Crippen molar-refractivity contribution in [2.24, 2.45) is 0 Å². The first-order valence-electron chi connectivity index (χ1n) is 5.59. The number of nitrogens with zero attached hydrogens (tertiary/aromatic N) is 1. The molecule has 98 valence electrons. The Morgan fingerprint density at radius 1 is 1.33 bits per heavy atom. The van der Waals surface area contributed by atoms with Crippen molar-refractivity contribution >= 4 is 11.8 Å². The summed E-state index contributed by atoms with van der Waals surface area (Å²) in [6.45, 7) is 6.57. The summed E-state index contributed by atoms with van der Waals surface area (Å²) in [6.07, 6.45) is 1.46. The van der Waals surface area contributed by atoms with Crippen LogP contribution >= 0.6 is 0 Å². The second-order valence-electron chi connectivity index (χ2n) is 4.81. The topological polar surface area (TPSA) is 65.5 Å². The van der Waals surface area contributed by atoms with Gasteiger partial charge in [0.25, 0.3) is 0 Å². The van der Waals surface area contributed by atoms with Crippen molar-refractivity contribution in [2.45, 2.75) is 33.3 Å². The van der Waals surface area contributed by atoms with Crippen LogP contribution in [0.25, 0.3) is 0 Å². The van der Waals surface area contributed by atoms with Crippen molar-refractivity contribution < 1.29 is 19.1 Å². The quantitative estimate of drug-likeness (QED) is 0.605. The highest BCUT2D eigenvalue weighted by Crippen LogP contribution is 2.12. The summed E-state index contributed by atoms with van der Waals surface area (Å²) in [4.78, 5) is 26.4. The van der Waals surface area contributed by atoms with Gasteiger partial charge in [-0.15, -0.1) is 0 Å². The zero-order valence-corrected chi connectivity index (χ0v) is 11.0. The molecular formula is C13H17NO4. The van der Waals surface area contributed by atoms with Gasteiger partial charge in [-0.2, -0.15) is 0 Å². The Morgan fingerprint density at radius 2 is 2.00 bits per heavy atom. The average molecular weight is 251 g/mol. The number of rotatable bonds is 4. The molecule has 1 heterocycles. The lowest BCUT2D eigenvalue weighted by Crippen LogP contribution is -2.27. The molecule has 5 heteroatoms. The maximum absolute atomic E-state index is 11.4. The van der Waals surface area contributed by atoms with E-state index in [4.69, 9.17) is 9.47 Å². The lowest BCUT2D eigenvalue weighted by Gasteiger charge is -2.19. The van der Waals surface area contributed by atoms with E-state index in [0.29, 0.717) is 11.4 Å². The van der Waals surface area contributed by atoms with E-state index in [1.165, 1.54) is 19.2 Å². The summed E-state index contributed by atoms with van der Waals surface area (Å²) in [7, 11) is 0. The molecule has 0 saturated carbocycles. The summed E-state index contributed by atoms with van der Waals surface area (Å²) in [5.41, 5.74) is -0.236. The van der Waals surface area contributed by atoms with Gasteiger partial charge in [0.1, 0.15) is 17.0 Å². The van der Waals surface area contributed by atoms with E-state index >= 15 is 0 Å². The van der Waals surface area contributed by atoms with Crippen molar-refractivity contribution in [2.75, 3.05) is 6.61 Å². The van der Waals surface area contributed by atoms with Gasteiger partial charge >= 0.3 is 5.97 Å². The van der Waals surface area contributed by atoms with E-state index in [0.717, 1.165) is 0 Å². The molecule has 0 saturated heterocycles. The summed E-state index contributed by atoms with van der Waals surface area (Å²) in [5, 5.41) is 0. The molecule has 1 aromatic heterocycles. The number of hydrogen-bond acceptors (Lipinski definition) is 5. The number of ether oxygens (including phenoxy) is 2. The van der Waals surface area contributed by atoms with Crippen LogP contribution < -0.4 is 4.74 Å². The number of Topliss-reactive ketones (excluding diaryl/α,β-unsaturated/α-hetero) is 1. The Bertz CT molecular complexity index is 449. The first-order chi connectivity index (χ1) is 8.28. The molecule has 18 heavy (non-hydrogen) atoms. The highest BCUT2D eigenvalue weighted by Gasteiger charge is 2.16. The molecule has 0 radical (unpaired) electrons. The van der Waals surface area contributed by atoms with Gasteiger partial charge in [-0.25, -0.2) is 4.79 Å². The minimum atomic E-state index is -0.538. The molecule has 0 unspecified atom stereocenters. The van der Waals surface area contributed by atoms with Gasteiger partial charge in [0, 0.05) is 19.2 Å². The number of aromatic nitrogens is 1. The Labute approximate surface area is 106 Å². The summed E-state index contributed by atoms with van der Waals surface area (Å²) in [5.74, 6) is -0.192. The van der Waals surface area contributed by atoms with Gasteiger partial charge in [-0.3, -0.25) is 9.78 Å². The Balaban J connectivity index is 2.56. The number of esters is 1. The second kappa shape index (κ2) is 5.62. The average Bonchev–Trinajstić information content (AvgIpc) is 2.24. The standard InChI is InChI=1S/C13H17NO4/c1-9(15)11-7-10(5-6-14-11)17-8-12(16)18-13(2,3)4/h5-7H,8H2,1-4H3. The molecule has 1 rings (SSSR count). The normalized spacial score (nSPS) is 10.9. The Hall–Kier alpha value is -1.91. The highest BCUT2D eigenvalue weighted by atomic mass is 16.6. The third-order valence-corrected chi connectivity index (χ3v) is 1.87. The zero-order valence-electron chi connectivity index (χ0n) is 11.0. The molecule has 1 aromatic rings. The van der Waals surface area contributed by atoms with Gasteiger partial charge in [0.15, 0.2) is 12.4 Å². The third-order valence-electron chi connectivity index (χ3n) is 1.87. The van der Waals surface area contributed by atoms with Crippen molar-refractivity contribution in [1.29, 1.82) is 0 Å². The molecule has 0 aliphatic heterocycles. The van der Waals surface area contributed by atoms with Crippen LogP contribution in [0.4, 0.5) is 0 Å². The monoisotopic (exact) mass is 251 g/mol. The molecule has 0 amide bonds. The van der Waals surface area contributed by atoms with Crippen LogP contribution in [0.3, 0.4) is 0 Å². The van der Waals surface area contributed by atoms with Gasteiger partial charge in [-0.05, 0) is 26.8 Å². The third kappa shape index (κ3) is 4.95. The fourth-order valence-electron chi connectivity index (χ4n) is 1.21. The SMILES string of the molecule is CC(=O)c1cc(OCC(=O)OC(C)(C)C)ccn1. The molecule has 0 atom stereocenters. The minimum absolute atomic E-state index is 0.155. The lowest BCUT2D eigenvalue weighted by atomic mass is 10.2. The number of carbonyl (C=O) groups is 2. The predicted molar refractivity (Wildman–Crippen MR) is 65.6 cm³/mol. The number of carbonyl (C=O) groups excluding carboxylic acids is 2. The highest BCUT2D eigenvalue weighted by molar-refractivity contribution is 5.92. The van der Waals surface area contributed by atoms with Crippen molar-refractivity contribution in [3.63, 3.8) is 0 Å². The van der Waals surface area contributed by atoms with Crippen molar-refractivity contribution in [3.8, 4) is 5.75 Å². The van der Waals surface area contributed by atoms with E-state index < -0.39 is 11.6 Å². The molecule has 0 aliphatic rings.